The van der Waals surface area contributed by atoms with Gasteiger partial charge in [0.2, 0.25) is 0 Å². The Balaban J connectivity index is 2.45. The third-order valence-electron chi connectivity index (χ3n) is 2.20. The molecule has 2 heteroatoms. The lowest BCUT2D eigenvalue weighted by molar-refractivity contribution is 0.339. The van der Waals surface area contributed by atoms with E-state index in [1.165, 1.54) is 19.3 Å². The second-order valence-electron chi connectivity index (χ2n) is 2.59. The standard InChI is InChI=1S/C6H12OP/c1-2-6(8-7)4-3-5-6/h8H,2-5H2,1H3. The van der Waals surface area contributed by atoms with Crippen LogP contribution in [0.1, 0.15) is 32.6 Å². The molecule has 1 fully saturated rings. The fraction of sp³-hybridized carbons (Fsp3) is 1.00. The second kappa shape index (κ2) is 2.14. The van der Waals surface area contributed by atoms with Crippen molar-refractivity contribution in [1.29, 1.82) is 0 Å². The van der Waals surface area contributed by atoms with Crippen molar-refractivity contribution in [2.45, 2.75) is 37.8 Å². The molecule has 0 bridgehead atoms. The highest BCUT2D eigenvalue weighted by molar-refractivity contribution is 7.26. The summed E-state index contributed by atoms with van der Waals surface area (Å²) in [7, 11) is -0.0613. The Morgan fingerprint density at radius 2 is 2.25 bits per heavy atom. The van der Waals surface area contributed by atoms with Gasteiger partial charge in [-0.15, -0.1) is 0 Å². The Kier molecular flexibility index (Phi) is 1.67. The smallest absolute Gasteiger partial charge is 0.0644 e. The van der Waals surface area contributed by atoms with Crippen LogP contribution in [0.3, 0.4) is 0 Å². The first-order valence-corrected chi connectivity index (χ1v) is 4.13. The van der Waals surface area contributed by atoms with Crippen molar-refractivity contribution in [3.63, 3.8) is 0 Å². The summed E-state index contributed by atoms with van der Waals surface area (Å²) in [6, 6.07) is 0. The lowest BCUT2D eigenvalue weighted by Crippen LogP contribution is -2.29. The zero-order valence-corrected chi connectivity index (χ0v) is 6.24. The highest BCUT2D eigenvalue weighted by atomic mass is 31.1. The Morgan fingerprint density at radius 3 is 2.25 bits per heavy atom. The summed E-state index contributed by atoms with van der Waals surface area (Å²) in [4.78, 5) is 0. The van der Waals surface area contributed by atoms with Gasteiger partial charge in [-0.1, -0.05) is 13.3 Å². The molecule has 1 saturated carbocycles. The summed E-state index contributed by atoms with van der Waals surface area (Å²) in [6.45, 7) is 2.13. The Hall–Kier alpha value is 0.100. The Labute approximate surface area is 51.7 Å². The van der Waals surface area contributed by atoms with Gasteiger partial charge in [0.1, 0.15) is 0 Å². The maximum atomic E-state index is 10.5. The monoisotopic (exact) mass is 131 g/mol. The highest BCUT2D eigenvalue weighted by Gasteiger charge is 2.34. The lowest BCUT2D eigenvalue weighted by Gasteiger charge is -2.35. The van der Waals surface area contributed by atoms with Crippen LogP contribution in [0, 0.1) is 0 Å². The van der Waals surface area contributed by atoms with Crippen molar-refractivity contribution in [2.24, 2.45) is 0 Å². The number of rotatable bonds is 2. The average molecular weight is 131 g/mol. The topological polar surface area (TPSA) is 17.1 Å². The molecular weight excluding hydrogens is 119 g/mol. The van der Waals surface area contributed by atoms with E-state index in [1.807, 2.05) is 0 Å². The van der Waals surface area contributed by atoms with E-state index in [-0.39, 0.29) is 13.6 Å². The van der Waals surface area contributed by atoms with E-state index in [2.05, 4.69) is 6.92 Å². The summed E-state index contributed by atoms with van der Waals surface area (Å²) in [5, 5.41) is 0.278. The first-order valence-electron chi connectivity index (χ1n) is 3.22. The molecule has 0 N–H and O–H groups in total. The van der Waals surface area contributed by atoms with Crippen molar-refractivity contribution >= 4 is 8.46 Å². The Bertz CT molecular complexity index is 91.2. The van der Waals surface area contributed by atoms with Gasteiger partial charge in [-0.05, 0) is 19.3 Å². The minimum absolute atomic E-state index is 0.0613. The minimum atomic E-state index is -0.0613. The van der Waals surface area contributed by atoms with Crippen molar-refractivity contribution in [2.75, 3.05) is 0 Å². The van der Waals surface area contributed by atoms with Crippen LogP contribution in [-0.4, -0.2) is 5.16 Å². The minimum Gasteiger partial charge on any atom is -0.290 e. The molecule has 0 spiro atoms. The molecule has 0 heterocycles. The van der Waals surface area contributed by atoms with E-state index in [9.17, 15) is 4.57 Å². The fourth-order valence-corrected chi connectivity index (χ4v) is 1.83. The van der Waals surface area contributed by atoms with Gasteiger partial charge in [-0.25, -0.2) is 0 Å². The predicted octanol–water partition coefficient (Wildman–Crippen LogP) is 2.34. The van der Waals surface area contributed by atoms with Gasteiger partial charge in [-0.3, -0.25) is 4.57 Å². The molecule has 1 nitrogen and oxygen atoms in total. The maximum absolute atomic E-state index is 10.5. The van der Waals surface area contributed by atoms with Crippen LogP contribution in [0.25, 0.3) is 0 Å². The molecule has 0 aliphatic heterocycles. The third kappa shape index (κ3) is 0.798. The molecule has 47 valence electrons. The molecule has 0 aromatic heterocycles. The van der Waals surface area contributed by atoms with Gasteiger partial charge in [0.15, 0.2) is 0 Å². The average Bonchev–Trinajstić information content (AvgIpc) is 1.67. The summed E-state index contributed by atoms with van der Waals surface area (Å²) in [6.07, 6.45) is 4.80. The van der Waals surface area contributed by atoms with Crippen LogP contribution in [0.5, 0.6) is 0 Å². The predicted molar refractivity (Wildman–Crippen MR) is 35.9 cm³/mol. The van der Waals surface area contributed by atoms with Crippen molar-refractivity contribution in [3.8, 4) is 0 Å². The summed E-state index contributed by atoms with van der Waals surface area (Å²) >= 11 is 0. The molecule has 0 saturated heterocycles. The van der Waals surface area contributed by atoms with Gasteiger partial charge in [0, 0.05) is 5.16 Å². The van der Waals surface area contributed by atoms with Crippen LogP contribution < -0.4 is 0 Å². The largest absolute Gasteiger partial charge is 0.290 e. The van der Waals surface area contributed by atoms with E-state index < -0.39 is 0 Å². The van der Waals surface area contributed by atoms with Gasteiger partial charge in [0.05, 0.1) is 8.46 Å². The highest BCUT2D eigenvalue weighted by Crippen LogP contribution is 2.45. The molecule has 1 aliphatic carbocycles. The van der Waals surface area contributed by atoms with Gasteiger partial charge < -0.3 is 0 Å². The van der Waals surface area contributed by atoms with Crippen molar-refractivity contribution in [1.82, 2.24) is 0 Å². The second-order valence-corrected chi connectivity index (χ2v) is 3.85. The third-order valence-corrected chi connectivity index (χ3v) is 3.49. The summed E-state index contributed by atoms with van der Waals surface area (Å²) in [5.74, 6) is 0. The molecule has 8 heavy (non-hydrogen) atoms. The fourth-order valence-electron chi connectivity index (χ4n) is 1.13. The number of hydrogen-bond acceptors (Lipinski definition) is 1. The molecule has 1 aliphatic rings. The molecule has 1 unspecified atom stereocenters. The molecule has 1 atom stereocenters. The van der Waals surface area contributed by atoms with E-state index >= 15 is 0 Å². The van der Waals surface area contributed by atoms with E-state index in [1.54, 1.807) is 0 Å². The summed E-state index contributed by atoms with van der Waals surface area (Å²) < 4.78 is 10.5. The lowest BCUT2D eigenvalue weighted by atomic mass is 9.82. The molecule has 0 aromatic rings. The van der Waals surface area contributed by atoms with Crippen LogP contribution in [-0.2, 0) is 4.57 Å². The Morgan fingerprint density at radius 1 is 1.62 bits per heavy atom. The normalized spacial score (nSPS) is 25.1. The SMILES string of the molecule is CCC1([PH]=O)CCC1. The van der Waals surface area contributed by atoms with Crippen LogP contribution in [0.4, 0.5) is 0 Å². The van der Waals surface area contributed by atoms with Gasteiger partial charge in [0.25, 0.3) is 0 Å². The van der Waals surface area contributed by atoms with E-state index in [4.69, 9.17) is 0 Å². The molecular formula is C6H12OP. The zero-order valence-electron chi connectivity index (χ0n) is 5.24. The quantitative estimate of drug-likeness (QED) is 0.525. The zero-order chi connectivity index (χ0) is 6.04. The van der Waals surface area contributed by atoms with Crippen LogP contribution >= 0.6 is 8.46 Å². The van der Waals surface area contributed by atoms with Crippen molar-refractivity contribution in [3.05, 3.63) is 0 Å². The first kappa shape index (κ1) is 6.22. The van der Waals surface area contributed by atoms with Crippen molar-refractivity contribution < 1.29 is 4.57 Å². The molecule has 1 rings (SSSR count). The van der Waals surface area contributed by atoms with E-state index in [0.717, 1.165) is 6.42 Å². The van der Waals surface area contributed by atoms with Gasteiger partial charge >= 0.3 is 0 Å². The first-order chi connectivity index (χ1) is 3.83. The maximum Gasteiger partial charge on any atom is 0.0644 e. The van der Waals surface area contributed by atoms with E-state index in [0.29, 0.717) is 0 Å². The van der Waals surface area contributed by atoms with Gasteiger partial charge in [-0.2, -0.15) is 0 Å². The molecule has 1 radical (unpaired) electrons. The van der Waals surface area contributed by atoms with Crippen LogP contribution in [0.15, 0.2) is 0 Å². The number of hydrogen-bond donors (Lipinski definition) is 0. The molecule has 0 amide bonds. The molecule has 0 aromatic carbocycles. The summed E-state index contributed by atoms with van der Waals surface area (Å²) in [5.41, 5.74) is 0. The van der Waals surface area contributed by atoms with Crippen LogP contribution in [0.2, 0.25) is 0 Å².